The number of rotatable bonds is 7. The summed E-state index contributed by atoms with van der Waals surface area (Å²) in [4.78, 5) is 24.9. The topological polar surface area (TPSA) is 85.3 Å². The zero-order chi connectivity index (χ0) is 17.1. The minimum Gasteiger partial charge on any atom is -0.486 e. The largest absolute Gasteiger partial charge is 0.486 e. The van der Waals surface area contributed by atoms with E-state index in [1.807, 2.05) is 18.2 Å². The van der Waals surface area contributed by atoms with E-state index in [2.05, 4.69) is 0 Å². The Morgan fingerprint density at radius 1 is 1.29 bits per heavy atom. The van der Waals surface area contributed by atoms with Gasteiger partial charge in [0.1, 0.15) is 19.8 Å². The van der Waals surface area contributed by atoms with E-state index in [9.17, 15) is 9.59 Å². The molecule has 1 fully saturated rings. The number of carboxylic acid groups (broad SMARTS) is 1. The maximum absolute atomic E-state index is 12.6. The van der Waals surface area contributed by atoms with Crippen LogP contribution >= 0.6 is 0 Å². The SMILES string of the molecule is COCCN(CC(=O)O)C(=O)[C@H]1C[C@@H]1c1ccc2c(c1)OCCO2. The van der Waals surface area contributed by atoms with Gasteiger partial charge in [-0.3, -0.25) is 9.59 Å². The van der Waals surface area contributed by atoms with Crippen LogP contribution in [0.15, 0.2) is 18.2 Å². The summed E-state index contributed by atoms with van der Waals surface area (Å²) < 4.78 is 16.0. The molecule has 0 bridgehead atoms. The molecule has 1 saturated carbocycles. The molecule has 1 aromatic carbocycles. The number of carbonyl (C=O) groups excluding carboxylic acids is 1. The quantitative estimate of drug-likeness (QED) is 0.804. The molecule has 0 spiro atoms. The van der Waals surface area contributed by atoms with Crippen molar-refractivity contribution in [3.8, 4) is 11.5 Å². The summed E-state index contributed by atoms with van der Waals surface area (Å²) in [7, 11) is 1.53. The van der Waals surface area contributed by atoms with Crippen LogP contribution in [-0.2, 0) is 14.3 Å². The van der Waals surface area contributed by atoms with Gasteiger partial charge < -0.3 is 24.2 Å². The molecule has 1 amide bonds. The summed E-state index contributed by atoms with van der Waals surface area (Å²) in [6, 6.07) is 5.73. The van der Waals surface area contributed by atoms with Gasteiger partial charge in [-0.2, -0.15) is 0 Å². The van der Waals surface area contributed by atoms with E-state index in [0.717, 1.165) is 17.7 Å². The first kappa shape index (κ1) is 16.6. The number of aliphatic carboxylic acids is 1. The zero-order valence-electron chi connectivity index (χ0n) is 13.6. The highest BCUT2D eigenvalue weighted by molar-refractivity contribution is 5.86. The van der Waals surface area contributed by atoms with Crippen molar-refractivity contribution in [3.05, 3.63) is 23.8 Å². The number of fused-ring (bicyclic) bond motifs is 1. The summed E-state index contributed by atoms with van der Waals surface area (Å²) in [5, 5.41) is 8.98. The average Bonchev–Trinajstić information content (AvgIpc) is 3.38. The van der Waals surface area contributed by atoms with Gasteiger partial charge in [0.05, 0.1) is 6.61 Å². The Hall–Kier alpha value is -2.28. The van der Waals surface area contributed by atoms with E-state index in [1.165, 1.54) is 12.0 Å². The van der Waals surface area contributed by atoms with Crippen LogP contribution in [0.5, 0.6) is 11.5 Å². The van der Waals surface area contributed by atoms with E-state index < -0.39 is 5.97 Å². The monoisotopic (exact) mass is 335 g/mol. The third-order valence-electron chi connectivity index (χ3n) is 4.31. The number of carboxylic acids is 1. The third-order valence-corrected chi connectivity index (χ3v) is 4.31. The van der Waals surface area contributed by atoms with Crippen LogP contribution in [-0.4, -0.2) is 61.9 Å². The molecule has 1 N–H and O–H groups in total. The molecular formula is C17H21NO6. The summed E-state index contributed by atoms with van der Waals surface area (Å²) in [5.74, 6) is 0.209. The molecule has 1 aliphatic heterocycles. The number of amides is 1. The molecule has 3 rings (SSSR count). The lowest BCUT2D eigenvalue weighted by Crippen LogP contribution is -2.39. The molecule has 2 atom stereocenters. The van der Waals surface area contributed by atoms with Gasteiger partial charge in [0, 0.05) is 19.6 Å². The fraction of sp³-hybridized carbons (Fsp3) is 0.529. The van der Waals surface area contributed by atoms with Crippen LogP contribution in [0, 0.1) is 5.92 Å². The molecule has 7 nitrogen and oxygen atoms in total. The Labute approximate surface area is 140 Å². The molecule has 1 aliphatic carbocycles. The van der Waals surface area contributed by atoms with Gasteiger partial charge in [-0.05, 0) is 30.0 Å². The predicted molar refractivity (Wildman–Crippen MR) is 84.4 cm³/mol. The summed E-state index contributed by atoms with van der Waals surface area (Å²) >= 11 is 0. The first-order chi connectivity index (χ1) is 11.6. The molecule has 0 aromatic heterocycles. The van der Waals surface area contributed by atoms with Gasteiger partial charge in [-0.25, -0.2) is 0 Å². The van der Waals surface area contributed by atoms with Crippen LogP contribution in [0.2, 0.25) is 0 Å². The van der Waals surface area contributed by atoms with Crippen molar-refractivity contribution < 1.29 is 28.9 Å². The molecule has 24 heavy (non-hydrogen) atoms. The summed E-state index contributed by atoms with van der Waals surface area (Å²) in [6.07, 6.45) is 0.724. The van der Waals surface area contributed by atoms with E-state index in [0.29, 0.717) is 25.6 Å². The second kappa shape index (κ2) is 7.09. The van der Waals surface area contributed by atoms with Gasteiger partial charge in [0.2, 0.25) is 5.91 Å². The van der Waals surface area contributed by atoms with Gasteiger partial charge >= 0.3 is 5.97 Å². The average molecular weight is 335 g/mol. The van der Waals surface area contributed by atoms with Crippen LogP contribution in [0.4, 0.5) is 0 Å². The molecule has 0 saturated heterocycles. The fourth-order valence-corrected chi connectivity index (χ4v) is 2.99. The van der Waals surface area contributed by atoms with Crippen molar-refractivity contribution in [2.24, 2.45) is 5.92 Å². The van der Waals surface area contributed by atoms with E-state index in [1.54, 1.807) is 0 Å². The molecule has 7 heteroatoms. The second-order valence-corrected chi connectivity index (χ2v) is 6.00. The Balaban J connectivity index is 1.66. The number of nitrogens with zero attached hydrogens (tertiary/aromatic N) is 1. The number of hydrogen-bond donors (Lipinski definition) is 1. The number of hydrogen-bond acceptors (Lipinski definition) is 5. The smallest absolute Gasteiger partial charge is 0.323 e. The number of carbonyl (C=O) groups is 2. The highest BCUT2D eigenvalue weighted by atomic mass is 16.6. The molecule has 2 aliphatic rings. The maximum atomic E-state index is 12.6. The maximum Gasteiger partial charge on any atom is 0.323 e. The van der Waals surface area contributed by atoms with Gasteiger partial charge in [0.15, 0.2) is 11.5 Å². The molecular weight excluding hydrogens is 314 g/mol. The number of ether oxygens (including phenoxy) is 3. The lowest BCUT2D eigenvalue weighted by molar-refractivity contribution is -0.145. The predicted octanol–water partition coefficient (Wildman–Crippen LogP) is 1.12. The molecule has 1 heterocycles. The van der Waals surface area contributed by atoms with Gasteiger partial charge in [-0.15, -0.1) is 0 Å². The standard InChI is InChI=1S/C17H21NO6/c1-22-5-4-18(10-16(19)20)17(21)13-9-12(13)11-2-3-14-15(8-11)24-7-6-23-14/h2-3,8,12-13H,4-7,9-10H2,1H3,(H,19,20)/t12-,13+/m1/s1. The first-order valence-corrected chi connectivity index (χ1v) is 7.99. The normalized spacial score (nSPS) is 21.2. The van der Waals surface area contributed by atoms with Gasteiger partial charge in [-0.1, -0.05) is 6.07 Å². The fourth-order valence-electron chi connectivity index (χ4n) is 2.99. The van der Waals surface area contributed by atoms with Crippen LogP contribution in [0.3, 0.4) is 0 Å². The first-order valence-electron chi connectivity index (χ1n) is 7.99. The van der Waals surface area contributed by atoms with E-state index >= 15 is 0 Å². The Kier molecular flexibility index (Phi) is 4.89. The van der Waals surface area contributed by atoms with Crippen molar-refractivity contribution in [3.63, 3.8) is 0 Å². The molecule has 1 aromatic rings. The Morgan fingerprint density at radius 3 is 2.75 bits per heavy atom. The van der Waals surface area contributed by atoms with Crippen molar-refractivity contribution in [1.29, 1.82) is 0 Å². The second-order valence-electron chi connectivity index (χ2n) is 6.00. The molecule has 0 unspecified atom stereocenters. The van der Waals surface area contributed by atoms with E-state index in [4.69, 9.17) is 19.3 Å². The highest BCUT2D eigenvalue weighted by Gasteiger charge is 2.46. The molecule has 0 radical (unpaired) electrons. The summed E-state index contributed by atoms with van der Waals surface area (Å²) in [6.45, 7) is 1.37. The van der Waals surface area contributed by atoms with Crippen LogP contribution in [0.1, 0.15) is 17.9 Å². The number of benzene rings is 1. The van der Waals surface area contributed by atoms with Crippen LogP contribution < -0.4 is 9.47 Å². The third kappa shape index (κ3) is 3.62. The number of methoxy groups -OCH3 is 1. The van der Waals surface area contributed by atoms with Crippen molar-refractivity contribution in [2.75, 3.05) is 40.0 Å². The highest BCUT2D eigenvalue weighted by Crippen LogP contribution is 2.50. The van der Waals surface area contributed by atoms with Crippen molar-refractivity contribution in [2.45, 2.75) is 12.3 Å². The van der Waals surface area contributed by atoms with E-state index in [-0.39, 0.29) is 30.8 Å². The summed E-state index contributed by atoms with van der Waals surface area (Å²) in [5.41, 5.74) is 1.03. The lowest BCUT2D eigenvalue weighted by Gasteiger charge is -2.21. The minimum atomic E-state index is -1.02. The molecule has 130 valence electrons. The zero-order valence-corrected chi connectivity index (χ0v) is 13.6. The van der Waals surface area contributed by atoms with Crippen LogP contribution in [0.25, 0.3) is 0 Å². The Bertz CT molecular complexity index is 632. The minimum absolute atomic E-state index is 0.104. The van der Waals surface area contributed by atoms with Crippen molar-refractivity contribution in [1.82, 2.24) is 4.90 Å². The lowest BCUT2D eigenvalue weighted by atomic mass is 10.1. The van der Waals surface area contributed by atoms with Crippen molar-refractivity contribution >= 4 is 11.9 Å². The van der Waals surface area contributed by atoms with Gasteiger partial charge in [0.25, 0.3) is 0 Å². The Morgan fingerprint density at radius 2 is 2.04 bits per heavy atom.